The largest absolute Gasteiger partial charge is 0.446 e. The first-order valence-corrected chi connectivity index (χ1v) is 5.25. The number of nitrogens with zero attached hydrogens (tertiary/aromatic N) is 4. The third-order valence-corrected chi connectivity index (χ3v) is 2.14. The van der Waals surface area contributed by atoms with Crippen molar-refractivity contribution in [2.45, 2.75) is 13.3 Å². The second-order valence-electron chi connectivity index (χ2n) is 2.80. The van der Waals surface area contributed by atoms with Gasteiger partial charge in [0.25, 0.3) is 5.82 Å². The van der Waals surface area contributed by atoms with Crippen LogP contribution in [0.2, 0.25) is 0 Å². The van der Waals surface area contributed by atoms with E-state index in [0.29, 0.717) is 10.4 Å². The van der Waals surface area contributed by atoms with E-state index < -0.39 is 5.97 Å². The van der Waals surface area contributed by atoms with E-state index in [4.69, 9.17) is 9.25 Å². The van der Waals surface area contributed by atoms with Gasteiger partial charge in [-0.05, 0) is 43.3 Å². The van der Waals surface area contributed by atoms with Crippen LogP contribution < -0.4 is 4.84 Å². The summed E-state index contributed by atoms with van der Waals surface area (Å²) < 4.78 is 5.79. The Bertz CT molecular complexity index is 507. The molecule has 0 radical (unpaired) electrons. The van der Waals surface area contributed by atoms with Gasteiger partial charge < -0.3 is 9.25 Å². The molecule has 0 unspecified atom stereocenters. The first-order valence-electron chi connectivity index (χ1n) is 4.46. The van der Waals surface area contributed by atoms with Crippen LogP contribution in [0.15, 0.2) is 21.2 Å². The van der Waals surface area contributed by atoms with E-state index in [1.807, 2.05) is 0 Å². The molecule has 0 saturated carbocycles. The molecule has 0 N–H and O–H groups in total. The fourth-order valence-corrected chi connectivity index (χ4v) is 1.29. The molecule has 16 heavy (non-hydrogen) atoms. The zero-order valence-electron chi connectivity index (χ0n) is 8.25. The molecule has 0 aliphatic carbocycles. The molecule has 2 rings (SSSR count). The number of furan rings is 1. The average Bonchev–Trinajstić information content (AvgIpc) is 2.86. The number of carbonyl (C=O) groups excluding carboxylic acids is 1. The maximum Gasteiger partial charge on any atom is 0.334 e. The zero-order valence-corrected chi connectivity index (χ0v) is 9.84. The summed E-state index contributed by atoms with van der Waals surface area (Å²) in [5.74, 6) is 0.201. The molecule has 0 bridgehead atoms. The van der Waals surface area contributed by atoms with Crippen molar-refractivity contribution in [3.63, 3.8) is 0 Å². The van der Waals surface area contributed by atoms with Crippen LogP contribution in [0.5, 0.6) is 0 Å². The van der Waals surface area contributed by atoms with Gasteiger partial charge in [-0.2, -0.15) is 0 Å². The molecule has 2 heterocycles. The number of tetrazole rings is 1. The van der Waals surface area contributed by atoms with E-state index >= 15 is 0 Å². The molecule has 0 aliphatic rings. The normalized spacial score (nSPS) is 10.4. The van der Waals surface area contributed by atoms with Gasteiger partial charge in [0.2, 0.25) is 0 Å². The van der Waals surface area contributed by atoms with Crippen molar-refractivity contribution in [1.29, 1.82) is 0 Å². The highest BCUT2D eigenvalue weighted by molar-refractivity contribution is 9.10. The minimum absolute atomic E-state index is 0.229. The Balaban J connectivity index is 2.29. The monoisotopic (exact) mass is 286 g/mol. The first kappa shape index (κ1) is 10.8. The van der Waals surface area contributed by atoms with E-state index in [2.05, 4.69) is 31.5 Å². The molecule has 8 heteroatoms. The van der Waals surface area contributed by atoms with Crippen molar-refractivity contribution < 1.29 is 14.0 Å². The number of rotatable bonds is 3. The number of carbonyl (C=O) groups is 1. The van der Waals surface area contributed by atoms with Crippen LogP contribution in [0.3, 0.4) is 0 Å². The molecule has 0 saturated heterocycles. The average molecular weight is 287 g/mol. The van der Waals surface area contributed by atoms with E-state index in [9.17, 15) is 4.79 Å². The third-order valence-electron chi connectivity index (χ3n) is 1.71. The molecule has 0 atom stereocenters. The van der Waals surface area contributed by atoms with Crippen molar-refractivity contribution in [3.8, 4) is 11.6 Å². The Labute approximate surface area is 98.5 Å². The van der Waals surface area contributed by atoms with Gasteiger partial charge >= 0.3 is 5.97 Å². The van der Waals surface area contributed by atoms with Gasteiger partial charge in [0.1, 0.15) is 0 Å². The van der Waals surface area contributed by atoms with Crippen molar-refractivity contribution >= 4 is 21.9 Å². The second-order valence-corrected chi connectivity index (χ2v) is 3.58. The fourth-order valence-electron chi connectivity index (χ4n) is 0.980. The number of hydrogen-bond acceptors (Lipinski definition) is 6. The third kappa shape index (κ3) is 2.11. The Morgan fingerprint density at radius 2 is 2.44 bits per heavy atom. The summed E-state index contributed by atoms with van der Waals surface area (Å²) in [6, 6.07) is 3.35. The van der Waals surface area contributed by atoms with E-state index in [0.717, 1.165) is 4.85 Å². The van der Waals surface area contributed by atoms with Crippen LogP contribution in [0, 0.1) is 0 Å². The highest BCUT2D eigenvalue weighted by Crippen LogP contribution is 2.21. The van der Waals surface area contributed by atoms with Crippen LogP contribution in [0.1, 0.15) is 13.3 Å². The summed E-state index contributed by atoms with van der Waals surface area (Å²) in [5, 5.41) is 10.6. The predicted molar refractivity (Wildman–Crippen MR) is 55.1 cm³/mol. The van der Waals surface area contributed by atoms with Gasteiger partial charge in [0.15, 0.2) is 10.4 Å². The van der Waals surface area contributed by atoms with Crippen LogP contribution in [0.25, 0.3) is 11.6 Å². The van der Waals surface area contributed by atoms with Crippen LogP contribution >= 0.6 is 15.9 Å². The quantitative estimate of drug-likeness (QED) is 0.785. The highest BCUT2D eigenvalue weighted by Gasteiger charge is 2.15. The zero-order chi connectivity index (χ0) is 11.5. The number of aromatic nitrogens is 4. The highest BCUT2D eigenvalue weighted by atomic mass is 79.9. The lowest BCUT2D eigenvalue weighted by atomic mass is 10.4. The summed E-state index contributed by atoms with van der Waals surface area (Å²) in [7, 11) is 0. The molecule has 2 aromatic rings. The summed E-state index contributed by atoms with van der Waals surface area (Å²) in [6.45, 7) is 1.68. The van der Waals surface area contributed by atoms with Crippen molar-refractivity contribution in [3.05, 3.63) is 16.8 Å². The van der Waals surface area contributed by atoms with Crippen LogP contribution in [-0.2, 0) is 4.79 Å². The van der Waals surface area contributed by atoms with Crippen LogP contribution in [-0.4, -0.2) is 26.3 Å². The topological polar surface area (TPSA) is 83.0 Å². The molecule has 0 aromatic carbocycles. The Morgan fingerprint density at radius 1 is 1.62 bits per heavy atom. The van der Waals surface area contributed by atoms with Gasteiger partial charge in [-0.15, -0.1) is 5.10 Å². The lowest BCUT2D eigenvalue weighted by molar-refractivity contribution is -0.145. The van der Waals surface area contributed by atoms with E-state index in [1.54, 1.807) is 19.1 Å². The lowest BCUT2D eigenvalue weighted by Crippen LogP contribution is -2.20. The summed E-state index contributed by atoms with van der Waals surface area (Å²) in [6.07, 6.45) is 0.237. The predicted octanol–water partition coefficient (Wildman–Crippen LogP) is 1.06. The Morgan fingerprint density at radius 3 is 3.06 bits per heavy atom. The minimum Gasteiger partial charge on any atom is -0.446 e. The van der Waals surface area contributed by atoms with Crippen LogP contribution in [0.4, 0.5) is 0 Å². The smallest absolute Gasteiger partial charge is 0.334 e. The number of halogens is 1. The fraction of sp³-hybridized carbons (Fsp3) is 0.250. The number of hydrogen-bond donors (Lipinski definition) is 0. The van der Waals surface area contributed by atoms with Gasteiger partial charge in [-0.1, -0.05) is 6.92 Å². The van der Waals surface area contributed by atoms with Gasteiger partial charge in [0, 0.05) is 6.42 Å². The molecular formula is C8H7BrN4O3. The molecule has 2 aromatic heterocycles. The maximum absolute atomic E-state index is 11.1. The standard InChI is InChI=1S/C8H7BrN4O3/c1-2-7(14)16-13-8(10-11-12-13)5-3-4-6(9)15-5/h3-4H,2H2,1H3. The molecule has 0 fully saturated rings. The second kappa shape index (κ2) is 4.44. The van der Waals surface area contributed by atoms with E-state index in [-0.39, 0.29) is 12.2 Å². The molecule has 84 valence electrons. The van der Waals surface area contributed by atoms with Gasteiger partial charge in [-0.25, -0.2) is 4.79 Å². The molecule has 7 nitrogen and oxygen atoms in total. The molecular weight excluding hydrogens is 280 g/mol. The van der Waals surface area contributed by atoms with Crippen molar-refractivity contribution in [2.75, 3.05) is 0 Å². The van der Waals surface area contributed by atoms with Gasteiger partial charge in [0.05, 0.1) is 0 Å². The first-order chi connectivity index (χ1) is 7.70. The summed E-state index contributed by atoms with van der Waals surface area (Å²) >= 11 is 3.15. The van der Waals surface area contributed by atoms with Gasteiger partial charge in [-0.3, -0.25) is 0 Å². The SMILES string of the molecule is CCC(=O)On1nnnc1-c1ccc(Br)o1. The van der Waals surface area contributed by atoms with Crippen molar-refractivity contribution in [1.82, 2.24) is 20.4 Å². The molecule has 0 amide bonds. The van der Waals surface area contributed by atoms with Crippen molar-refractivity contribution in [2.24, 2.45) is 0 Å². The Kier molecular flexibility index (Phi) is 3.00. The minimum atomic E-state index is -0.431. The molecule has 0 spiro atoms. The lowest BCUT2D eigenvalue weighted by Gasteiger charge is -2.00. The summed E-state index contributed by atoms with van der Waals surface area (Å²) in [4.78, 5) is 16.9. The summed E-state index contributed by atoms with van der Waals surface area (Å²) in [5.41, 5.74) is 0. The maximum atomic E-state index is 11.1. The Hall–Kier alpha value is -1.70. The molecule has 0 aliphatic heterocycles. The van der Waals surface area contributed by atoms with E-state index in [1.165, 1.54) is 0 Å².